The van der Waals surface area contributed by atoms with Gasteiger partial charge in [-0.2, -0.15) is 0 Å². The van der Waals surface area contributed by atoms with Crippen LogP contribution in [0, 0.1) is 0 Å². The Kier molecular flexibility index (Phi) is 5.04. The summed E-state index contributed by atoms with van der Waals surface area (Å²) in [6.07, 6.45) is 4.91. The lowest BCUT2D eigenvalue weighted by molar-refractivity contribution is -0.142. The highest BCUT2D eigenvalue weighted by atomic mass is 79.9. The third-order valence-electron chi connectivity index (χ3n) is 2.77. The summed E-state index contributed by atoms with van der Waals surface area (Å²) in [6, 6.07) is 2.44. The van der Waals surface area contributed by atoms with Crippen LogP contribution in [0.1, 0.15) is 16.1 Å². The third kappa shape index (κ3) is 3.88. The Morgan fingerprint density at radius 3 is 2.95 bits per heavy atom. The van der Waals surface area contributed by atoms with Crippen molar-refractivity contribution in [2.75, 3.05) is 7.11 Å². The van der Waals surface area contributed by atoms with E-state index in [1.165, 1.54) is 13.4 Å². The number of pyridine rings is 1. The molecule has 0 unspecified atom stereocenters. The van der Waals surface area contributed by atoms with Gasteiger partial charge in [-0.15, -0.1) is 0 Å². The number of imidazole rings is 1. The molecule has 0 spiro atoms. The van der Waals surface area contributed by atoms with E-state index in [0.717, 1.165) is 5.69 Å². The number of hydrogen-bond donors (Lipinski definition) is 2. The number of rotatable bonds is 5. The van der Waals surface area contributed by atoms with Crippen LogP contribution < -0.4 is 5.32 Å². The van der Waals surface area contributed by atoms with E-state index in [2.05, 4.69) is 36.2 Å². The second kappa shape index (κ2) is 6.98. The standard InChI is InChI=1S/C13H13BrN4O3/c1-21-13(20)10(5-8-6-15-7-17-8)18-12(19)9-3-2-4-16-11(9)14/h2-4,6-7,10H,5H2,1H3,(H,15,17)(H,18,19)/t10-/m0/s1. The number of carbonyl (C=O) groups is 2. The van der Waals surface area contributed by atoms with Gasteiger partial charge < -0.3 is 15.0 Å². The van der Waals surface area contributed by atoms with Gasteiger partial charge >= 0.3 is 5.97 Å². The molecule has 2 aromatic rings. The zero-order valence-corrected chi connectivity index (χ0v) is 12.8. The molecule has 1 atom stereocenters. The van der Waals surface area contributed by atoms with Gasteiger partial charge in [0, 0.05) is 24.5 Å². The predicted octanol–water partition coefficient (Wildman–Crippen LogP) is 1.08. The van der Waals surface area contributed by atoms with Crippen molar-refractivity contribution in [3.63, 3.8) is 0 Å². The largest absolute Gasteiger partial charge is 0.467 e. The summed E-state index contributed by atoms with van der Waals surface area (Å²) in [5.74, 6) is -0.942. The van der Waals surface area contributed by atoms with Crippen LogP contribution in [0.25, 0.3) is 0 Å². The van der Waals surface area contributed by atoms with Gasteiger partial charge in [0.2, 0.25) is 0 Å². The van der Waals surface area contributed by atoms with E-state index in [1.807, 2.05) is 0 Å². The Balaban J connectivity index is 2.13. The van der Waals surface area contributed by atoms with Crippen molar-refractivity contribution in [1.82, 2.24) is 20.3 Å². The maximum Gasteiger partial charge on any atom is 0.328 e. The maximum absolute atomic E-state index is 12.2. The number of methoxy groups -OCH3 is 1. The van der Waals surface area contributed by atoms with E-state index < -0.39 is 17.9 Å². The molecule has 0 saturated heterocycles. The average molecular weight is 353 g/mol. The third-order valence-corrected chi connectivity index (χ3v) is 3.41. The number of aromatic amines is 1. The number of H-pyrrole nitrogens is 1. The first kappa shape index (κ1) is 15.2. The average Bonchev–Trinajstić information content (AvgIpc) is 2.99. The van der Waals surface area contributed by atoms with E-state index >= 15 is 0 Å². The smallest absolute Gasteiger partial charge is 0.328 e. The van der Waals surface area contributed by atoms with Crippen LogP contribution in [-0.4, -0.2) is 40.0 Å². The van der Waals surface area contributed by atoms with Crippen molar-refractivity contribution in [2.45, 2.75) is 12.5 Å². The highest BCUT2D eigenvalue weighted by molar-refractivity contribution is 9.10. The number of nitrogens with one attached hydrogen (secondary N) is 2. The van der Waals surface area contributed by atoms with E-state index in [1.54, 1.807) is 24.5 Å². The number of amides is 1. The van der Waals surface area contributed by atoms with Gasteiger partial charge in [-0.3, -0.25) is 4.79 Å². The molecular weight excluding hydrogens is 340 g/mol. The molecular formula is C13H13BrN4O3. The van der Waals surface area contributed by atoms with Crippen LogP contribution >= 0.6 is 15.9 Å². The Hall–Kier alpha value is -2.22. The van der Waals surface area contributed by atoms with Crippen molar-refractivity contribution in [3.05, 3.63) is 46.7 Å². The highest BCUT2D eigenvalue weighted by Crippen LogP contribution is 2.13. The molecule has 2 N–H and O–H groups in total. The van der Waals surface area contributed by atoms with Crippen LogP contribution in [0.4, 0.5) is 0 Å². The minimum Gasteiger partial charge on any atom is -0.467 e. The fourth-order valence-corrected chi connectivity index (χ4v) is 2.17. The van der Waals surface area contributed by atoms with Crippen LogP contribution in [0.15, 0.2) is 35.5 Å². The van der Waals surface area contributed by atoms with E-state index in [9.17, 15) is 9.59 Å². The summed E-state index contributed by atoms with van der Waals surface area (Å²) < 4.78 is 5.12. The normalized spacial score (nSPS) is 11.7. The fourth-order valence-electron chi connectivity index (χ4n) is 1.74. The zero-order chi connectivity index (χ0) is 15.2. The Labute approximate surface area is 129 Å². The molecule has 0 fully saturated rings. The van der Waals surface area contributed by atoms with Crippen molar-refractivity contribution in [2.24, 2.45) is 0 Å². The van der Waals surface area contributed by atoms with Gasteiger partial charge in [-0.1, -0.05) is 0 Å². The first-order chi connectivity index (χ1) is 10.1. The molecule has 2 rings (SSSR count). The number of halogens is 1. The topological polar surface area (TPSA) is 97.0 Å². The number of esters is 1. The van der Waals surface area contributed by atoms with Crippen molar-refractivity contribution in [3.8, 4) is 0 Å². The second-order valence-electron chi connectivity index (χ2n) is 4.17. The SMILES string of the molecule is COC(=O)[C@H](Cc1cnc[nH]1)NC(=O)c1cccnc1Br. The van der Waals surface area contributed by atoms with Crippen molar-refractivity contribution < 1.29 is 14.3 Å². The van der Waals surface area contributed by atoms with Crippen molar-refractivity contribution in [1.29, 1.82) is 0 Å². The summed E-state index contributed by atoms with van der Waals surface area (Å²) in [5, 5.41) is 2.63. The number of carbonyl (C=O) groups excluding carboxylic acids is 2. The van der Waals surface area contributed by atoms with Crippen LogP contribution in [0.3, 0.4) is 0 Å². The van der Waals surface area contributed by atoms with E-state index in [0.29, 0.717) is 10.2 Å². The lowest BCUT2D eigenvalue weighted by Crippen LogP contribution is -2.43. The molecule has 0 aromatic carbocycles. The second-order valence-corrected chi connectivity index (χ2v) is 4.92. The Morgan fingerprint density at radius 2 is 2.33 bits per heavy atom. The fraction of sp³-hybridized carbons (Fsp3) is 0.231. The number of nitrogens with zero attached hydrogens (tertiary/aromatic N) is 2. The lowest BCUT2D eigenvalue weighted by Gasteiger charge is -2.16. The molecule has 0 radical (unpaired) electrons. The first-order valence-corrected chi connectivity index (χ1v) is 6.87. The summed E-state index contributed by atoms with van der Waals surface area (Å²) >= 11 is 3.20. The van der Waals surface area contributed by atoms with Gasteiger partial charge in [0.1, 0.15) is 10.6 Å². The van der Waals surface area contributed by atoms with E-state index in [4.69, 9.17) is 4.74 Å². The van der Waals surface area contributed by atoms with Crippen molar-refractivity contribution >= 4 is 27.8 Å². The van der Waals surface area contributed by atoms with Gasteiger partial charge in [-0.25, -0.2) is 14.8 Å². The van der Waals surface area contributed by atoms with Crippen LogP contribution in [0.5, 0.6) is 0 Å². The molecule has 0 saturated carbocycles. The van der Waals surface area contributed by atoms with E-state index in [-0.39, 0.29) is 6.42 Å². The number of ether oxygens (including phenoxy) is 1. The number of aromatic nitrogens is 3. The molecule has 2 aromatic heterocycles. The molecule has 1 amide bonds. The quantitative estimate of drug-likeness (QED) is 0.619. The van der Waals surface area contributed by atoms with Gasteiger partial charge in [-0.05, 0) is 28.1 Å². The monoisotopic (exact) mass is 352 g/mol. The Morgan fingerprint density at radius 1 is 1.52 bits per heavy atom. The molecule has 8 heteroatoms. The molecule has 21 heavy (non-hydrogen) atoms. The molecule has 0 aliphatic rings. The summed E-state index contributed by atoms with van der Waals surface area (Å²) in [4.78, 5) is 34.7. The molecule has 7 nitrogen and oxygen atoms in total. The molecule has 0 aliphatic carbocycles. The summed E-state index contributed by atoms with van der Waals surface area (Å²) in [7, 11) is 1.27. The molecule has 0 aliphatic heterocycles. The lowest BCUT2D eigenvalue weighted by atomic mass is 10.1. The highest BCUT2D eigenvalue weighted by Gasteiger charge is 2.24. The van der Waals surface area contributed by atoms with Crippen LogP contribution in [0.2, 0.25) is 0 Å². The summed E-state index contributed by atoms with van der Waals surface area (Å²) in [6.45, 7) is 0. The molecule has 0 bridgehead atoms. The maximum atomic E-state index is 12.2. The number of hydrogen-bond acceptors (Lipinski definition) is 5. The van der Waals surface area contributed by atoms with Crippen LogP contribution in [-0.2, 0) is 16.0 Å². The predicted molar refractivity (Wildman–Crippen MR) is 77.5 cm³/mol. The van der Waals surface area contributed by atoms with Gasteiger partial charge in [0.15, 0.2) is 0 Å². The minimum atomic E-state index is -0.810. The molecule has 110 valence electrons. The van der Waals surface area contributed by atoms with Gasteiger partial charge in [0.25, 0.3) is 5.91 Å². The molecule has 2 heterocycles. The Bertz CT molecular complexity index is 630. The summed E-state index contributed by atoms with van der Waals surface area (Å²) in [5.41, 5.74) is 1.06. The zero-order valence-electron chi connectivity index (χ0n) is 11.2. The van der Waals surface area contributed by atoms with Gasteiger partial charge in [0.05, 0.1) is 19.0 Å². The first-order valence-electron chi connectivity index (χ1n) is 6.08. The minimum absolute atomic E-state index is 0.260.